The molecule has 5 heterocycles. The molecule has 123 heavy (non-hydrogen) atoms. The highest BCUT2D eigenvalue weighted by Gasteiger charge is 2.29. The van der Waals surface area contributed by atoms with E-state index in [0.717, 1.165) is 185 Å². The van der Waals surface area contributed by atoms with E-state index in [1.807, 2.05) is 69.2 Å². The third-order valence-electron chi connectivity index (χ3n) is 19.3. The smallest absolute Gasteiger partial charge is 0.315 e. The molecule has 8 fully saturated rings. The summed E-state index contributed by atoms with van der Waals surface area (Å²) >= 11 is 0. The van der Waals surface area contributed by atoms with Gasteiger partial charge in [-0.05, 0) is 207 Å². The van der Waals surface area contributed by atoms with Gasteiger partial charge in [0.25, 0.3) is 0 Å². The first kappa shape index (κ1) is 129. The number of nitrogens with two attached hydrogens (primary N) is 1. The summed E-state index contributed by atoms with van der Waals surface area (Å²) in [7, 11) is -19.1. The molecule has 0 atom stereocenters. The molecular formula is C85H187N11O20S7. The number of sulfonamides is 5. The molecule has 5 saturated heterocycles. The quantitative estimate of drug-likeness (QED) is 0.0295. The predicted molar refractivity (Wildman–Crippen MR) is 512 cm³/mol. The van der Waals surface area contributed by atoms with Gasteiger partial charge in [0.2, 0.25) is 50.1 Å². The van der Waals surface area contributed by atoms with E-state index in [1.165, 1.54) is 13.3 Å². The molecule has 744 valence electrons. The van der Waals surface area contributed by atoms with Crippen molar-refractivity contribution in [2.24, 2.45) is 76.2 Å². The van der Waals surface area contributed by atoms with Crippen molar-refractivity contribution in [1.29, 1.82) is 0 Å². The number of carbonyl (C=O) groups is 2. The molecule has 4 amide bonds. The fraction of sp³-hybridized carbons (Fsp3) is 0.976. The number of urea groups is 2. The van der Waals surface area contributed by atoms with Crippen LogP contribution in [0.5, 0.6) is 0 Å². The van der Waals surface area contributed by atoms with Gasteiger partial charge < -0.3 is 40.2 Å². The SMILES string of the molecule is CC(C)C1COC1.CC(C)C1COC1.CC(C)C1COC1.CC(C)CCNC(=O)NC1CC1.CC(C)CCNS(C)(=O)=O.CC(C)CCS(=O)(=O)C(C)C.CC(C)CCS(=O)(=O)NC1CC1.CC(C)CCS(N)(=O)=O.CC(C)N1CCOCC1.CC(C)N1CCS(=O)(=O)CC1.CC(C)NC(=O)NC1CC1.CC(C)NS(C)(=O)=O.CNS(=O)(=O)CCC(C)C. The second kappa shape index (κ2) is 69.6. The third kappa shape index (κ3) is 94.2. The van der Waals surface area contributed by atoms with Gasteiger partial charge in [0.1, 0.15) is 0 Å². The molecule has 31 nitrogen and oxygen atoms in total. The lowest BCUT2D eigenvalue weighted by Gasteiger charge is -2.29. The Hall–Kier alpha value is -2.25. The zero-order valence-corrected chi connectivity index (χ0v) is 88.4. The van der Waals surface area contributed by atoms with Crippen LogP contribution in [0.3, 0.4) is 0 Å². The van der Waals surface area contributed by atoms with E-state index in [1.54, 1.807) is 27.7 Å². The Morgan fingerprint density at radius 3 is 0.984 bits per heavy atom. The van der Waals surface area contributed by atoms with Crippen LogP contribution in [0.4, 0.5) is 9.59 Å². The second-order valence-electron chi connectivity index (χ2n) is 38.2. The molecule has 0 bridgehead atoms. The number of nitrogens with one attached hydrogen (secondary N) is 8. The molecule has 8 rings (SSSR count). The molecule has 3 aliphatic carbocycles. The van der Waals surface area contributed by atoms with Crippen LogP contribution in [0, 0.1) is 71.0 Å². The summed E-state index contributed by atoms with van der Waals surface area (Å²) in [6.45, 7) is 70.3. The van der Waals surface area contributed by atoms with E-state index in [9.17, 15) is 68.5 Å². The van der Waals surface area contributed by atoms with E-state index < -0.39 is 69.8 Å². The lowest BCUT2D eigenvalue weighted by atomic mass is 9.95. The first-order valence-electron chi connectivity index (χ1n) is 45.3. The Kier molecular flexibility index (Phi) is 73.1. The molecule has 3 saturated carbocycles. The maximum atomic E-state index is 11.3. The number of primary sulfonamides is 1. The largest absolute Gasteiger partial charge is 0.381 e. The van der Waals surface area contributed by atoms with Gasteiger partial charge in [-0.1, -0.05) is 125 Å². The van der Waals surface area contributed by atoms with Gasteiger partial charge in [-0.2, -0.15) is 0 Å². The number of sulfone groups is 2. The van der Waals surface area contributed by atoms with Gasteiger partial charge in [0, 0.05) is 99.3 Å². The first-order valence-corrected chi connectivity index (χ1v) is 57.7. The maximum absolute atomic E-state index is 11.3. The molecule has 0 radical (unpaired) electrons. The van der Waals surface area contributed by atoms with E-state index in [0.29, 0.717) is 103 Å². The van der Waals surface area contributed by atoms with Crippen LogP contribution < -0.4 is 45.3 Å². The average molecular weight is 1910 g/mol. The molecule has 0 aromatic carbocycles. The lowest BCUT2D eigenvalue weighted by molar-refractivity contribution is -0.0534. The van der Waals surface area contributed by atoms with Crippen LogP contribution in [0.15, 0.2) is 0 Å². The van der Waals surface area contributed by atoms with Crippen LogP contribution in [-0.2, 0) is 88.7 Å². The van der Waals surface area contributed by atoms with Crippen molar-refractivity contribution < 1.29 is 87.5 Å². The minimum absolute atomic E-state index is 0.00171. The van der Waals surface area contributed by atoms with Crippen LogP contribution >= 0.6 is 0 Å². The van der Waals surface area contributed by atoms with Crippen LogP contribution in [0.25, 0.3) is 0 Å². The lowest BCUT2D eigenvalue weighted by Crippen LogP contribution is -2.43. The van der Waals surface area contributed by atoms with Crippen molar-refractivity contribution in [1.82, 2.24) is 50.0 Å². The summed E-state index contributed by atoms with van der Waals surface area (Å²) in [5.41, 5.74) is 0. The fourth-order valence-electron chi connectivity index (χ4n) is 9.30. The molecule has 10 N–H and O–H groups in total. The van der Waals surface area contributed by atoms with Crippen LogP contribution in [0.2, 0.25) is 0 Å². The average Bonchev–Trinajstić information content (AvgIpc) is 1.84. The number of rotatable bonds is 33. The zero-order valence-electron chi connectivity index (χ0n) is 82.7. The van der Waals surface area contributed by atoms with E-state index in [-0.39, 0.29) is 52.7 Å². The van der Waals surface area contributed by atoms with Gasteiger partial charge >= 0.3 is 12.1 Å². The standard InChI is InChI=1S/C9H18N2O.C8H17NO2S.C8H18O2S.C7H14N2O.C7H15NO2S.C7H15NO.2C6H15NO2S.3C6H12O.C5H13NO2S.C4H11NO2S/c1-7(2)5-6-10-9(12)11-8-3-4-8;1-7(2)5-6-12(10,11)9-8-3-4-8;1-7(2)5-6-11(9,10)8(3)4;1-5(2)8-7(10)9-6-3-4-6;1-7(2)8-3-5-11(9,10)6-4-8;1-7(2)8-3-5-9-6-4-8;1-6(2)4-5-7-10(3,8)9;1-6(2)4-5-10(8,9)7-3;3*1-5(2)6-3-7-4-6;1-5(2)3-4-9(6,7)8;1-4(2)5-8(3,6)7/h7-8H,3-6H2,1-2H3,(H2,10,11,12);7-9H,3-6H2,1-2H3;7-8H,5-6H2,1-4H3;5-6H,3-4H2,1-2H3,(H2,8,9,10);7H,3-6H2,1-2H3;7H,3-6H2,1-2H3;2*6-7H,4-5H2,1-3H3;3*5-6H,3-4H2,1-2H3;5H,3-4H2,1-2H3,(H2,6,7,8);4-5H,1-3H3. The molecule has 5 aliphatic heterocycles. The highest BCUT2D eigenvalue weighted by molar-refractivity contribution is 7.92. The van der Waals surface area contributed by atoms with Gasteiger partial charge in [0.15, 0.2) is 19.7 Å². The summed E-state index contributed by atoms with van der Waals surface area (Å²) in [6, 6.07) is 2.55. The van der Waals surface area contributed by atoms with Gasteiger partial charge in [-0.3, -0.25) is 9.80 Å². The minimum Gasteiger partial charge on any atom is -0.381 e. The molecule has 0 aromatic heterocycles. The highest BCUT2D eigenvalue weighted by atomic mass is 32.2. The fourth-order valence-corrected chi connectivity index (χ4v) is 16.6. The Balaban J connectivity index is -0.000000410. The topological polar surface area (TPSA) is 439 Å². The van der Waals surface area contributed by atoms with Crippen molar-refractivity contribution >= 4 is 81.9 Å². The highest BCUT2D eigenvalue weighted by Crippen LogP contribution is 2.23. The summed E-state index contributed by atoms with van der Waals surface area (Å²) < 4.78 is 181. The molecule has 0 spiro atoms. The number of hydrogen-bond donors (Lipinski definition) is 9. The van der Waals surface area contributed by atoms with Crippen LogP contribution in [0.1, 0.15) is 271 Å². The Morgan fingerprint density at radius 1 is 0.407 bits per heavy atom. The monoisotopic (exact) mass is 1910 g/mol. The third-order valence-corrected chi connectivity index (χ3v) is 28.5. The van der Waals surface area contributed by atoms with Gasteiger partial charge in [0.05, 0.1) is 105 Å². The summed E-state index contributed by atoms with van der Waals surface area (Å²) in [6.07, 6.45) is 13.8. The van der Waals surface area contributed by atoms with Crippen molar-refractivity contribution in [2.45, 2.75) is 318 Å². The first-order chi connectivity index (χ1) is 56.2. The number of carbonyl (C=O) groups excluding carboxylic acids is 2. The predicted octanol–water partition coefficient (Wildman–Crippen LogP) is 11.5. The van der Waals surface area contributed by atoms with E-state index >= 15 is 0 Å². The number of amides is 4. The summed E-state index contributed by atoms with van der Waals surface area (Å²) in [5, 5.41) is 15.8. The second-order valence-corrected chi connectivity index (χ2v) is 52.4. The summed E-state index contributed by atoms with van der Waals surface area (Å²) in [5.74, 6) is 9.69. The molecule has 8 aliphatic rings. The summed E-state index contributed by atoms with van der Waals surface area (Å²) in [4.78, 5) is 26.6. The Bertz CT molecular complexity index is 3410. The molecule has 38 heteroatoms. The Morgan fingerprint density at radius 2 is 0.740 bits per heavy atom. The molecular weight excluding hydrogens is 1720 g/mol. The van der Waals surface area contributed by atoms with Crippen molar-refractivity contribution in [3.05, 3.63) is 0 Å². The van der Waals surface area contributed by atoms with Crippen molar-refractivity contribution in [2.75, 3.05) is 146 Å². The van der Waals surface area contributed by atoms with Gasteiger partial charge in [-0.15, -0.1) is 0 Å². The van der Waals surface area contributed by atoms with Crippen LogP contribution in [-0.4, -0.2) is 275 Å². The zero-order chi connectivity index (χ0) is 96.5. The number of morpholine rings is 1. The van der Waals surface area contributed by atoms with Gasteiger partial charge in [-0.25, -0.2) is 92.5 Å². The normalized spacial score (nSPS) is 17.5. The van der Waals surface area contributed by atoms with Crippen molar-refractivity contribution in [3.8, 4) is 0 Å². The maximum Gasteiger partial charge on any atom is 0.315 e. The number of ether oxygens (including phenoxy) is 4. The molecule has 0 aromatic rings. The van der Waals surface area contributed by atoms with E-state index in [2.05, 4.69) is 147 Å². The van der Waals surface area contributed by atoms with E-state index in [4.69, 9.17) is 24.1 Å². The number of nitrogens with zero attached hydrogens (tertiary/aromatic N) is 2. The minimum atomic E-state index is -3.22. The molecule has 0 unspecified atom stereocenters. The number of hydrogen-bond acceptors (Lipinski definition) is 22. The Labute approximate surface area is 755 Å². The van der Waals surface area contributed by atoms with Crippen molar-refractivity contribution in [3.63, 3.8) is 0 Å².